The lowest BCUT2D eigenvalue weighted by molar-refractivity contribution is 0.262. The van der Waals surface area contributed by atoms with Gasteiger partial charge in [0.05, 0.1) is 13.2 Å². The van der Waals surface area contributed by atoms with E-state index in [0.717, 1.165) is 12.1 Å². The lowest BCUT2D eigenvalue weighted by atomic mass is 10.3. The first-order valence-electron chi connectivity index (χ1n) is 6.35. The van der Waals surface area contributed by atoms with E-state index in [1.54, 1.807) is 6.20 Å². The van der Waals surface area contributed by atoms with E-state index >= 15 is 0 Å². The Bertz CT molecular complexity index is 539. The third-order valence-corrected chi connectivity index (χ3v) is 2.49. The summed E-state index contributed by atoms with van der Waals surface area (Å²) in [5.41, 5.74) is 0.940. The number of hydrogen-bond acceptors (Lipinski definition) is 6. The van der Waals surface area contributed by atoms with Gasteiger partial charge in [-0.2, -0.15) is 9.97 Å². The highest BCUT2D eigenvalue weighted by molar-refractivity contribution is 6.28. The summed E-state index contributed by atoms with van der Waals surface area (Å²) in [6.07, 6.45) is 3.26. The van der Waals surface area contributed by atoms with Crippen molar-refractivity contribution in [1.82, 2.24) is 19.9 Å². The molecule has 0 spiro atoms. The molecule has 106 valence electrons. The standard InChI is InChI=1S/C13H15ClN4O2/c1-2-8-19-12-16-11(14)17-13(18-12)20-9-6-10-5-3-4-7-15-10/h3-5,7H,2,6,8-9H2,1H3. The Hall–Kier alpha value is -1.95. The maximum absolute atomic E-state index is 5.79. The minimum absolute atomic E-state index is 0.0546. The first kappa shape index (κ1) is 14.5. The Morgan fingerprint density at radius 2 is 1.80 bits per heavy atom. The van der Waals surface area contributed by atoms with Crippen LogP contribution in [0.15, 0.2) is 24.4 Å². The van der Waals surface area contributed by atoms with E-state index in [9.17, 15) is 0 Å². The summed E-state index contributed by atoms with van der Waals surface area (Å²) in [5.74, 6) is 0. The predicted octanol–water partition coefficient (Wildman–Crippen LogP) is 2.33. The Balaban J connectivity index is 1.90. The molecular weight excluding hydrogens is 280 g/mol. The lowest BCUT2D eigenvalue weighted by Crippen LogP contribution is -2.08. The Labute approximate surface area is 122 Å². The molecule has 0 aliphatic carbocycles. The molecule has 20 heavy (non-hydrogen) atoms. The monoisotopic (exact) mass is 294 g/mol. The smallest absolute Gasteiger partial charge is 0.323 e. The summed E-state index contributed by atoms with van der Waals surface area (Å²) >= 11 is 5.79. The van der Waals surface area contributed by atoms with E-state index in [4.69, 9.17) is 21.1 Å². The average Bonchev–Trinajstić information content (AvgIpc) is 2.46. The van der Waals surface area contributed by atoms with Crippen molar-refractivity contribution >= 4 is 11.6 Å². The molecule has 0 unspecified atom stereocenters. The van der Waals surface area contributed by atoms with Crippen LogP contribution < -0.4 is 9.47 Å². The van der Waals surface area contributed by atoms with Gasteiger partial charge in [0.1, 0.15) is 0 Å². The van der Waals surface area contributed by atoms with Crippen LogP contribution in [0.1, 0.15) is 19.0 Å². The molecule has 0 saturated carbocycles. The van der Waals surface area contributed by atoms with E-state index in [1.807, 2.05) is 25.1 Å². The second-order valence-electron chi connectivity index (χ2n) is 3.94. The van der Waals surface area contributed by atoms with Gasteiger partial charge >= 0.3 is 12.0 Å². The maximum atomic E-state index is 5.79. The second kappa shape index (κ2) is 7.59. The van der Waals surface area contributed by atoms with Crippen LogP contribution >= 0.6 is 11.6 Å². The van der Waals surface area contributed by atoms with Crippen molar-refractivity contribution in [3.05, 3.63) is 35.4 Å². The van der Waals surface area contributed by atoms with Crippen molar-refractivity contribution in [2.75, 3.05) is 13.2 Å². The van der Waals surface area contributed by atoms with Crippen molar-refractivity contribution in [3.8, 4) is 12.0 Å². The third-order valence-electron chi connectivity index (χ3n) is 2.32. The van der Waals surface area contributed by atoms with Crippen molar-refractivity contribution in [2.45, 2.75) is 19.8 Å². The summed E-state index contributed by atoms with van der Waals surface area (Å²) in [6, 6.07) is 6.07. The molecule has 0 aliphatic rings. The Morgan fingerprint density at radius 3 is 2.45 bits per heavy atom. The van der Waals surface area contributed by atoms with Gasteiger partial charge < -0.3 is 9.47 Å². The highest BCUT2D eigenvalue weighted by Gasteiger charge is 2.07. The summed E-state index contributed by atoms with van der Waals surface area (Å²) in [4.78, 5) is 16.0. The second-order valence-corrected chi connectivity index (χ2v) is 4.28. The number of rotatable bonds is 7. The fourth-order valence-corrected chi connectivity index (χ4v) is 1.57. The van der Waals surface area contributed by atoms with E-state index in [2.05, 4.69) is 19.9 Å². The quantitative estimate of drug-likeness (QED) is 0.780. The van der Waals surface area contributed by atoms with Crippen LogP contribution in [-0.2, 0) is 6.42 Å². The molecule has 2 rings (SSSR count). The SMILES string of the molecule is CCCOc1nc(Cl)nc(OCCc2ccccn2)n1. The predicted molar refractivity (Wildman–Crippen MR) is 74.1 cm³/mol. The average molecular weight is 295 g/mol. The van der Waals surface area contributed by atoms with Gasteiger partial charge in [0.15, 0.2) is 0 Å². The molecule has 2 aromatic heterocycles. The molecule has 0 saturated heterocycles. The van der Waals surface area contributed by atoms with Gasteiger partial charge in [-0.3, -0.25) is 4.98 Å². The van der Waals surface area contributed by atoms with E-state index < -0.39 is 0 Å². The minimum Gasteiger partial charge on any atom is -0.463 e. The van der Waals surface area contributed by atoms with Gasteiger partial charge in [-0.05, 0) is 30.2 Å². The van der Waals surface area contributed by atoms with Crippen molar-refractivity contribution in [1.29, 1.82) is 0 Å². The minimum atomic E-state index is 0.0546. The van der Waals surface area contributed by atoms with Gasteiger partial charge in [0.25, 0.3) is 0 Å². The van der Waals surface area contributed by atoms with Gasteiger partial charge in [-0.25, -0.2) is 0 Å². The van der Waals surface area contributed by atoms with Gasteiger partial charge in [-0.1, -0.05) is 13.0 Å². The molecule has 0 aromatic carbocycles. The molecule has 7 heteroatoms. The Morgan fingerprint density at radius 1 is 1.05 bits per heavy atom. The zero-order chi connectivity index (χ0) is 14.2. The number of nitrogens with zero attached hydrogens (tertiary/aromatic N) is 4. The van der Waals surface area contributed by atoms with Crippen LogP contribution in [0.4, 0.5) is 0 Å². The van der Waals surface area contributed by atoms with Crippen LogP contribution in [-0.4, -0.2) is 33.1 Å². The summed E-state index contributed by atoms with van der Waals surface area (Å²) in [6.45, 7) is 2.92. The lowest BCUT2D eigenvalue weighted by Gasteiger charge is -2.06. The van der Waals surface area contributed by atoms with Gasteiger partial charge in [0, 0.05) is 18.3 Å². The molecule has 2 aromatic rings. The molecular formula is C13H15ClN4O2. The van der Waals surface area contributed by atoms with Gasteiger partial charge in [0.2, 0.25) is 5.28 Å². The normalized spacial score (nSPS) is 10.3. The van der Waals surface area contributed by atoms with Crippen molar-refractivity contribution in [3.63, 3.8) is 0 Å². The molecule has 0 radical (unpaired) electrons. The Kier molecular flexibility index (Phi) is 5.49. The first-order chi connectivity index (χ1) is 9.78. The maximum Gasteiger partial charge on any atom is 0.323 e. The first-order valence-corrected chi connectivity index (χ1v) is 6.73. The number of hydrogen-bond donors (Lipinski definition) is 0. The zero-order valence-electron chi connectivity index (χ0n) is 11.1. The highest BCUT2D eigenvalue weighted by atomic mass is 35.5. The molecule has 0 N–H and O–H groups in total. The number of halogens is 1. The molecule has 0 bridgehead atoms. The topological polar surface area (TPSA) is 70.0 Å². The number of pyridine rings is 1. The number of ether oxygens (including phenoxy) is 2. The number of aromatic nitrogens is 4. The van der Waals surface area contributed by atoms with Crippen molar-refractivity contribution < 1.29 is 9.47 Å². The van der Waals surface area contributed by atoms with E-state index in [1.165, 1.54) is 0 Å². The summed E-state index contributed by atoms with van der Waals surface area (Å²) < 4.78 is 10.7. The molecule has 6 nitrogen and oxygen atoms in total. The largest absolute Gasteiger partial charge is 0.463 e. The molecule has 2 heterocycles. The zero-order valence-corrected chi connectivity index (χ0v) is 11.9. The van der Waals surface area contributed by atoms with Crippen LogP contribution in [0.5, 0.6) is 12.0 Å². The molecule has 0 atom stereocenters. The molecule has 0 fully saturated rings. The van der Waals surface area contributed by atoms with E-state index in [-0.39, 0.29) is 17.3 Å². The fraction of sp³-hybridized carbons (Fsp3) is 0.385. The third kappa shape index (κ3) is 4.62. The van der Waals surface area contributed by atoms with Crippen LogP contribution in [0, 0.1) is 0 Å². The van der Waals surface area contributed by atoms with Crippen LogP contribution in [0.25, 0.3) is 0 Å². The molecule has 0 amide bonds. The molecule has 0 aliphatic heterocycles. The van der Waals surface area contributed by atoms with Crippen molar-refractivity contribution in [2.24, 2.45) is 0 Å². The fourth-order valence-electron chi connectivity index (χ4n) is 1.43. The van der Waals surface area contributed by atoms with E-state index in [0.29, 0.717) is 19.6 Å². The highest BCUT2D eigenvalue weighted by Crippen LogP contribution is 2.13. The van der Waals surface area contributed by atoms with Crippen LogP contribution in [0.2, 0.25) is 5.28 Å². The summed E-state index contributed by atoms with van der Waals surface area (Å²) in [7, 11) is 0. The van der Waals surface area contributed by atoms with Crippen LogP contribution in [0.3, 0.4) is 0 Å². The van der Waals surface area contributed by atoms with Gasteiger partial charge in [-0.15, -0.1) is 4.98 Å². The summed E-state index contributed by atoms with van der Waals surface area (Å²) in [5, 5.41) is 0.0546.